The van der Waals surface area contributed by atoms with Crippen molar-refractivity contribution in [2.24, 2.45) is 5.73 Å². The van der Waals surface area contributed by atoms with Gasteiger partial charge in [0.25, 0.3) is 0 Å². The molecule has 16 heavy (non-hydrogen) atoms. The van der Waals surface area contributed by atoms with Gasteiger partial charge in [0.15, 0.2) is 0 Å². The molecule has 0 radical (unpaired) electrons. The van der Waals surface area contributed by atoms with Crippen molar-refractivity contribution in [3.05, 3.63) is 28.2 Å². The minimum atomic E-state index is -0.378. The van der Waals surface area contributed by atoms with Crippen molar-refractivity contribution in [3.63, 3.8) is 0 Å². The highest BCUT2D eigenvalue weighted by molar-refractivity contribution is 9.10. The summed E-state index contributed by atoms with van der Waals surface area (Å²) in [6.45, 7) is 0. The van der Waals surface area contributed by atoms with E-state index in [-0.39, 0.29) is 24.2 Å². The van der Waals surface area contributed by atoms with Crippen molar-refractivity contribution >= 4 is 21.9 Å². The number of aromatic hydroxyl groups is 1. The lowest BCUT2D eigenvalue weighted by molar-refractivity contribution is -0.140. The van der Waals surface area contributed by atoms with E-state index in [2.05, 4.69) is 20.7 Å². The van der Waals surface area contributed by atoms with E-state index in [4.69, 9.17) is 5.73 Å². The smallest absolute Gasteiger partial charge is 0.305 e. The number of halogens is 1. The molecule has 0 spiro atoms. The van der Waals surface area contributed by atoms with Gasteiger partial charge in [-0.25, -0.2) is 0 Å². The van der Waals surface area contributed by atoms with Crippen LogP contribution in [0.2, 0.25) is 0 Å². The summed E-state index contributed by atoms with van der Waals surface area (Å²) in [4.78, 5) is 10.9. The van der Waals surface area contributed by atoms with E-state index >= 15 is 0 Å². The molecule has 0 fully saturated rings. The van der Waals surface area contributed by atoms with Crippen LogP contribution in [-0.4, -0.2) is 18.2 Å². The average molecular weight is 288 g/mol. The fourth-order valence-corrected chi connectivity index (χ4v) is 1.73. The maximum atomic E-state index is 10.9. The van der Waals surface area contributed by atoms with Crippen molar-refractivity contribution in [2.45, 2.75) is 18.9 Å². The first kappa shape index (κ1) is 13.0. The number of hydrogen-bond acceptors (Lipinski definition) is 4. The summed E-state index contributed by atoms with van der Waals surface area (Å²) in [5, 5.41) is 9.61. The lowest BCUT2D eigenvalue weighted by Crippen LogP contribution is -2.13. The predicted molar refractivity (Wildman–Crippen MR) is 64.0 cm³/mol. The van der Waals surface area contributed by atoms with Crippen molar-refractivity contribution in [2.75, 3.05) is 7.11 Å². The molecule has 0 saturated carbocycles. The number of phenols is 1. The summed E-state index contributed by atoms with van der Waals surface area (Å²) >= 11 is 3.30. The van der Waals surface area contributed by atoms with Gasteiger partial charge in [0.1, 0.15) is 5.75 Å². The standard InChI is InChI=1S/C11H14BrNO3/c1-16-11(15)5-3-9(13)8-6-7(12)2-4-10(8)14/h2,4,6,9,14H,3,5,13H2,1H3. The monoisotopic (exact) mass is 287 g/mol. The molecule has 1 atom stereocenters. The lowest BCUT2D eigenvalue weighted by Gasteiger charge is -2.13. The van der Waals surface area contributed by atoms with Gasteiger partial charge in [-0.2, -0.15) is 0 Å². The van der Waals surface area contributed by atoms with Crippen molar-refractivity contribution in [1.82, 2.24) is 0 Å². The zero-order chi connectivity index (χ0) is 12.1. The summed E-state index contributed by atoms with van der Waals surface area (Å²) < 4.78 is 5.37. The van der Waals surface area contributed by atoms with Crippen LogP contribution in [0, 0.1) is 0 Å². The molecule has 0 aromatic heterocycles. The number of hydrogen-bond donors (Lipinski definition) is 2. The van der Waals surface area contributed by atoms with E-state index < -0.39 is 0 Å². The Morgan fingerprint density at radius 2 is 2.31 bits per heavy atom. The Kier molecular flexibility index (Phi) is 4.76. The topological polar surface area (TPSA) is 72.5 Å². The second-order valence-corrected chi connectivity index (χ2v) is 4.34. The first-order valence-corrected chi connectivity index (χ1v) is 5.64. The molecule has 1 rings (SSSR count). The van der Waals surface area contributed by atoms with E-state index in [1.54, 1.807) is 18.2 Å². The van der Waals surface area contributed by atoms with Gasteiger partial charge in [0, 0.05) is 22.5 Å². The summed E-state index contributed by atoms with van der Waals surface area (Å²) in [7, 11) is 1.34. The van der Waals surface area contributed by atoms with Crippen LogP contribution in [-0.2, 0) is 9.53 Å². The highest BCUT2D eigenvalue weighted by Gasteiger charge is 2.13. The van der Waals surface area contributed by atoms with Crippen molar-refractivity contribution < 1.29 is 14.6 Å². The molecular formula is C11H14BrNO3. The third-order valence-corrected chi connectivity index (χ3v) is 2.77. The first-order valence-electron chi connectivity index (χ1n) is 4.85. The normalized spacial score (nSPS) is 12.2. The van der Waals surface area contributed by atoms with Crippen LogP contribution >= 0.6 is 15.9 Å². The van der Waals surface area contributed by atoms with Crippen LogP contribution in [0.1, 0.15) is 24.4 Å². The van der Waals surface area contributed by atoms with Crippen LogP contribution in [0.25, 0.3) is 0 Å². The summed E-state index contributed by atoms with van der Waals surface area (Å²) in [5.74, 6) is -0.162. The predicted octanol–water partition coefficient (Wildman–Crippen LogP) is 2.11. The molecule has 0 saturated heterocycles. The Labute approximate surface area is 103 Å². The number of nitrogens with two attached hydrogens (primary N) is 1. The average Bonchev–Trinajstić information content (AvgIpc) is 2.28. The van der Waals surface area contributed by atoms with Crippen molar-refractivity contribution in [3.8, 4) is 5.75 Å². The largest absolute Gasteiger partial charge is 0.508 e. The van der Waals surface area contributed by atoms with E-state index in [9.17, 15) is 9.90 Å². The van der Waals surface area contributed by atoms with Gasteiger partial charge in [0.2, 0.25) is 0 Å². The number of benzene rings is 1. The van der Waals surface area contributed by atoms with Gasteiger partial charge < -0.3 is 15.6 Å². The van der Waals surface area contributed by atoms with Crippen molar-refractivity contribution in [1.29, 1.82) is 0 Å². The molecule has 0 bridgehead atoms. The molecule has 3 N–H and O–H groups in total. The second-order valence-electron chi connectivity index (χ2n) is 3.42. The summed E-state index contributed by atoms with van der Waals surface area (Å²) in [6.07, 6.45) is 0.681. The maximum Gasteiger partial charge on any atom is 0.305 e. The fourth-order valence-electron chi connectivity index (χ4n) is 1.35. The van der Waals surface area contributed by atoms with Gasteiger partial charge in [-0.05, 0) is 24.6 Å². The Bertz CT molecular complexity index is 381. The number of phenolic OH excluding ortho intramolecular Hbond substituents is 1. The molecule has 0 amide bonds. The number of carbonyl (C=O) groups excluding carboxylic acids is 1. The zero-order valence-electron chi connectivity index (χ0n) is 8.94. The minimum absolute atomic E-state index is 0.139. The van der Waals surface area contributed by atoms with E-state index in [0.29, 0.717) is 12.0 Å². The lowest BCUT2D eigenvalue weighted by atomic mass is 10.0. The Morgan fingerprint density at radius 1 is 1.62 bits per heavy atom. The maximum absolute atomic E-state index is 10.9. The minimum Gasteiger partial charge on any atom is -0.508 e. The molecule has 0 aliphatic heterocycles. The molecule has 4 nitrogen and oxygen atoms in total. The van der Waals surface area contributed by atoms with Gasteiger partial charge in [0.05, 0.1) is 7.11 Å². The Morgan fingerprint density at radius 3 is 2.94 bits per heavy atom. The van der Waals surface area contributed by atoms with E-state index in [0.717, 1.165) is 4.47 Å². The molecule has 0 aliphatic carbocycles. The first-order chi connectivity index (χ1) is 7.54. The number of carbonyl (C=O) groups is 1. The highest BCUT2D eigenvalue weighted by Crippen LogP contribution is 2.28. The second kappa shape index (κ2) is 5.86. The van der Waals surface area contributed by atoms with Crippen LogP contribution in [0.3, 0.4) is 0 Å². The van der Waals surface area contributed by atoms with Crippen LogP contribution in [0.4, 0.5) is 0 Å². The zero-order valence-corrected chi connectivity index (χ0v) is 10.5. The molecule has 88 valence electrons. The molecule has 0 aliphatic rings. The van der Waals surface area contributed by atoms with E-state index in [1.807, 2.05) is 0 Å². The molecule has 1 aromatic rings. The molecule has 0 heterocycles. The summed E-state index contributed by atoms with van der Waals surface area (Å²) in [5.41, 5.74) is 6.50. The number of methoxy groups -OCH3 is 1. The third kappa shape index (κ3) is 3.50. The Hall–Kier alpha value is -1.07. The van der Waals surface area contributed by atoms with Crippen LogP contribution in [0.5, 0.6) is 5.75 Å². The van der Waals surface area contributed by atoms with E-state index in [1.165, 1.54) is 7.11 Å². The van der Waals surface area contributed by atoms with Gasteiger partial charge in [-0.15, -0.1) is 0 Å². The number of esters is 1. The Balaban J connectivity index is 2.68. The molecule has 1 unspecified atom stereocenters. The van der Waals surface area contributed by atoms with Crippen LogP contribution in [0.15, 0.2) is 22.7 Å². The van der Waals surface area contributed by atoms with Gasteiger partial charge in [-0.1, -0.05) is 15.9 Å². The quantitative estimate of drug-likeness (QED) is 0.832. The van der Waals surface area contributed by atoms with Gasteiger partial charge >= 0.3 is 5.97 Å². The highest BCUT2D eigenvalue weighted by atomic mass is 79.9. The fraction of sp³-hybridized carbons (Fsp3) is 0.364. The van der Waals surface area contributed by atoms with Gasteiger partial charge in [-0.3, -0.25) is 4.79 Å². The molecule has 5 heteroatoms. The number of ether oxygens (including phenoxy) is 1. The van der Waals surface area contributed by atoms with Crippen LogP contribution < -0.4 is 5.73 Å². The molecule has 1 aromatic carbocycles. The molecular weight excluding hydrogens is 274 g/mol. The summed E-state index contributed by atoms with van der Waals surface area (Å²) in [6, 6.07) is 4.66. The SMILES string of the molecule is COC(=O)CCC(N)c1cc(Br)ccc1O. The third-order valence-electron chi connectivity index (χ3n) is 2.28. The number of rotatable bonds is 4.